The number of aromatic nitrogens is 1. The lowest BCUT2D eigenvalue weighted by Gasteiger charge is -2.60. The third kappa shape index (κ3) is 2.92. The first kappa shape index (κ1) is 17.6. The minimum Gasteiger partial charge on any atom is -0.459 e. The van der Waals surface area contributed by atoms with Crippen LogP contribution < -0.4 is 5.32 Å². The van der Waals surface area contributed by atoms with Crippen LogP contribution in [-0.2, 0) is 11.3 Å². The van der Waals surface area contributed by atoms with Crippen LogP contribution in [0.5, 0.6) is 0 Å². The molecular weight excluding hydrogens is 324 g/mol. The molecule has 0 radical (unpaired) electrons. The van der Waals surface area contributed by atoms with Gasteiger partial charge in [0.25, 0.3) is 0 Å². The molecule has 132 valence electrons. The van der Waals surface area contributed by atoms with Gasteiger partial charge in [-0.1, -0.05) is 13.8 Å². The van der Waals surface area contributed by atoms with Crippen molar-refractivity contribution in [2.24, 2.45) is 5.41 Å². The van der Waals surface area contributed by atoms with Gasteiger partial charge in [-0.2, -0.15) is 0 Å². The quantitative estimate of drug-likeness (QED) is 0.801. The Kier molecular flexibility index (Phi) is 4.84. The summed E-state index contributed by atoms with van der Waals surface area (Å²) in [5.41, 5.74) is -0.415. The van der Waals surface area contributed by atoms with Crippen molar-refractivity contribution in [1.29, 1.82) is 0 Å². The highest BCUT2D eigenvalue weighted by Crippen LogP contribution is 2.51. The van der Waals surface area contributed by atoms with E-state index < -0.39 is 0 Å². The summed E-state index contributed by atoms with van der Waals surface area (Å²) in [5, 5.41) is 14.4. The summed E-state index contributed by atoms with van der Waals surface area (Å²) in [5.74, 6) is 1.69. The van der Waals surface area contributed by atoms with E-state index in [1.165, 1.54) is 0 Å². The molecule has 5 nitrogen and oxygen atoms in total. The molecule has 3 rings (SSSR count). The van der Waals surface area contributed by atoms with E-state index in [1.807, 2.05) is 32.2 Å². The highest BCUT2D eigenvalue weighted by Gasteiger charge is 2.60. The van der Waals surface area contributed by atoms with E-state index in [0.29, 0.717) is 13.2 Å². The van der Waals surface area contributed by atoms with Crippen LogP contribution in [0.3, 0.4) is 0 Å². The topological polar surface area (TPSA) is 67.5 Å². The Balaban J connectivity index is 1.66. The number of ether oxygens (including phenoxy) is 1. The van der Waals surface area contributed by atoms with Gasteiger partial charge in [-0.15, -0.1) is 11.3 Å². The second-order valence-electron chi connectivity index (χ2n) is 7.01. The number of thiazole rings is 1. The minimum atomic E-state index is -0.307. The molecule has 0 aromatic carbocycles. The molecule has 6 heteroatoms. The van der Waals surface area contributed by atoms with Crippen LogP contribution in [0.2, 0.25) is 0 Å². The second-order valence-corrected chi connectivity index (χ2v) is 8.12. The van der Waals surface area contributed by atoms with E-state index in [-0.39, 0.29) is 23.7 Å². The summed E-state index contributed by atoms with van der Waals surface area (Å²) in [4.78, 5) is 5.58. The molecule has 0 bridgehead atoms. The number of hydrogen-bond donors (Lipinski definition) is 2. The van der Waals surface area contributed by atoms with Crippen molar-refractivity contribution in [3.8, 4) is 10.8 Å². The van der Waals surface area contributed by atoms with Crippen molar-refractivity contribution in [3.05, 3.63) is 29.0 Å². The fourth-order valence-corrected chi connectivity index (χ4v) is 4.23. The van der Waals surface area contributed by atoms with Gasteiger partial charge in [0.1, 0.15) is 5.76 Å². The first-order valence-electron chi connectivity index (χ1n) is 8.41. The number of furan rings is 1. The maximum absolute atomic E-state index is 9.98. The highest BCUT2D eigenvalue weighted by molar-refractivity contribution is 7.14. The molecule has 0 amide bonds. The minimum absolute atomic E-state index is 0.104. The molecule has 0 saturated heterocycles. The summed E-state index contributed by atoms with van der Waals surface area (Å²) in [6.45, 7) is 9.74. The maximum atomic E-state index is 9.98. The van der Waals surface area contributed by atoms with Gasteiger partial charge >= 0.3 is 0 Å². The molecule has 2 heterocycles. The van der Waals surface area contributed by atoms with Crippen LogP contribution in [0.15, 0.2) is 22.7 Å². The molecule has 1 aliphatic carbocycles. The van der Waals surface area contributed by atoms with Crippen molar-refractivity contribution >= 4 is 11.3 Å². The van der Waals surface area contributed by atoms with E-state index in [2.05, 4.69) is 24.1 Å². The number of hydrogen-bond acceptors (Lipinski definition) is 6. The van der Waals surface area contributed by atoms with Gasteiger partial charge in [0.2, 0.25) is 0 Å². The third-order valence-corrected chi connectivity index (χ3v) is 6.33. The largest absolute Gasteiger partial charge is 0.459 e. The van der Waals surface area contributed by atoms with Crippen molar-refractivity contribution in [3.63, 3.8) is 0 Å². The van der Waals surface area contributed by atoms with E-state index in [1.54, 1.807) is 11.3 Å². The molecular formula is C18H26N2O3S. The number of rotatable bonds is 7. The van der Waals surface area contributed by atoms with Crippen molar-refractivity contribution in [2.75, 3.05) is 13.2 Å². The molecule has 1 fully saturated rings. The van der Waals surface area contributed by atoms with Gasteiger partial charge in [-0.3, -0.25) is 0 Å². The van der Waals surface area contributed by atoms with Crippen LogP contribution >= 0.6 is 11.3 Å². The zero-order valence-corrected chi connectivity index (χ0v) is 15.6. The number of aliphatic hydroxyl groups excluding tert-OH is 1. The van der Waals surface area contributed by atoms with Gasteiger partial charge in [0.15, 0.2) is 10.8 Å². The van der Waals surface area contributed by atoms with Crippen molar-refractivity contribution in [1.82, 2.24) is 10.3 Å². The molecule has 2 atom stereocenters. The molecule has 1 saturated carbocycles. The van der Waals surface area contributed by atoms with Crippen molar-refractivity contribution < 1.29 is 14.3 Å². The lowest BCUT2D eigenvalue weighted by Crippen LogP contribution is -2.73. The first-order chi connectivity index (χ1) is 11.4. The molecule has 0 aliphatic heterocycles. The summed E-state index contributed by atoms with van der Waals surface area (Å²) >= 11 is 1.62. The van der Waals surface area contributed by atoms with Gasteiger partial charge in [0, 0.05) is 29.6 Å². The fraction of sp³-hybridized carbons (Fsp3) is 0.611. The standard InChI is InChI=1S/C18H26N2O3S/c1-5-22-15-8-18(11-21,17(15,3)4)20-10-13-9-19-16(24-13)14-7-6-12(2)23-14/h6-7,9,15,20-21H,5,8,10-11H2,1-4H3/t15-,18+/m0/s1. The predicted molar refractivity (Wildman–Crippen MR) is 95.0 cm³/mol. The average Bonchev–Trinajstić information content (AvgIpc) is 3.19. The molecule has 24 heavy (non-hydrogen) atoms. The SMILES string of the molecule is CCO[C@H]1C[C@](CO)(NCc2cnc(-c3ccc(C)o3)s2)C1(C)C. The summed E-state index contributed by atoms with van der Waals surface area (Å²) in [6, 6.07) is 3.89. The van der Waals surface area contributed by atoms with E-state index in [9.17, 15) is 5.11 Å². The van der Waals surface area contributed by atoms with Crippen LogP contribution in [0.1, 0.15) is 37.8 Å². The predicted octanol–water partition coefficient (Wildman–Crippen LogP) is 3.37. The molecule has 1 aliphatic rings. The Labute approximate surface area is 147 Å². The second kappa shape index (κ2) is 6.59. The number of aryl methyl sites for hydroxylation is 1. The Morgan fingerprint density at radius 1 is 1.46 bits per heavy atom. The first-order valence-corrected chi connectivity index (χ1v) is 9.22. The van der Waals surface area contributed by atoms with Gasteiger partial charge < -0.3 is 19.6 Å². The monoisotopic (exact) mass is 350 g/mol. The van der Waals surface area contributed by atoms with Crippen molar-refractivity contribution in [2.45, 2.75) is 52.3 Å². The molecule has 0 unspecified atom stereocenters. The highest BCUT2D eigenvalue weighted by atomic mass is 32.1. The van der Waals surface area contributed by atoms with Gasteiger partial charge in [-0.05, 0) is 32.4 Å². The average molecular weight is 350 g/mol. The maximum Gasteiger partial charge on any atom is 0.162 e. The zero-order valence-electron chi connectivity index (χ0n) is 14.8. The number of nitrogens with zero attached hydrogens (tertiary/aromatic N) is 1. The Hall–Kier alpha value is -1.21. The zero-order chi connectivity index (χ0) is 17.4. The summed E-state index contributed by atoms with van der Waals surface area (Å²) < 4.78 is 11.4. The normalized spacial score (nSPS) is 25.6. The van der Waals surface area contributed by atoms with Crippen LogP contribution in [0.4, 0.5) is 0 Å². The van der Waals surface area contributed by atoms with Crippen LogP contribution in [-0.4, -0.2) is 34.9 Å². The Morgan fingerprint density at radius 3 is 2.83 bits per heavy atom. The fourth-order valence-electron chi connectivity index (χ4n) is 3.41. The number of aliphatic hydroxyl groups is 1. The smallest absolute Gasteiger partial charge is 0.162 e. The van der Waals surface area contributed by atoms with E-state index >= 15 is 0 Å². The van der Waals surface area contributed by atoms with E-state index in [4.69, 9.17) is 9.15 Å². The lowest BCUT2D eigenvalue weighted by atomic mass is 9.54. The Bertz CT molecular complexity index is 694. The molecule has 0 spiro atoms. The molecule has 2 aromatic heterocycles. The summed E-state index contributed by atoms with van der Waals surface area (Å²) in [7, 11) is 0. The third-order valence-electron chi connectivity index (χ3n) is 5.32. The van der Waals surface area contributed by atoms with Crippen LogP contribution in [0.25, 0.3) is 10.8 Å². The Morgan fingerprint density at radius 2 is 2.25 bits per heavy atom. The van der Waals surface area contributed by atoms with Gasteiger partial charge in [0.05, 0.1) is 18.2 Å². The molecule has 2 N–H and O–H groups in total. The van der Waals surface area contributed by atoms with Crippen LogP contribution in [0, 0.1) is 12.3 Å². The summed E-state index contributed by atoms with van der Waals surface area (Å²) in [6.07, 6.45) is 2.89. The molecule has 2 aromatic rings. The van der Waals surface area contributed by atoms with E-state index in [0.717, 1.165) is 27.8 Å². The number of nitrogens with one attached hydrogen (secondary N) is 1. The lowest BCUT2D eigenvalue weighted by molar-refractivity contribution is -0.177. The van der Waals surface area contributed by atoms with Gasteiger partial charge in [-0.25, -0.2) is 4.98 Å².